The molecule has 1 rings (SSSR count). The zero-order chi connectivity index (χ0) is 15.0. The summed E-state index contributed by atoms with van der Waals surface area (Å²) in [4.78, 5) is 18.2. The zero-order valence-corrected chi connectivity index (χ0v) is 12.4. The summed E-state index contributed by atoms with van der Waals surface area (Å²) in [5, 5.41) is 8.70. The minimum absolute atomic E-state index is 0.0305. The van der Waals surface area contributed by atoms with E-state index in [1.807, 2.05) is 7.05 Å². The van der Waals surface area contributed by atoms with Crippen LogP contribution in [-0.4, -0.2) is 40.6 Å². The normalized spacial score (nSPS) is 10.1. The molecule has 1 aromatic rings. The summed E-state index contributed by atoms with van der Waals surface area (Å²) in [6.45, 7) is 4.19. The van der Waals surface area contributed by atoms with Gasteiger partial charge in [-0.1, -0.05) is 25.7 Å². The fourth-order valence-corrected chi connectivity index (χ4v) is 2.05. The molecule has 4 nitrogen and oxygen atoms in total. The first-order valence-corrected chi connectivity index (χ1v) is 6.95. The summed E-state index contributed by atoms with van der Waals surface area (Å²) >= 11 is 0. The quantitative estimate of drug-likeness (QED) is 0.836. The maximum atomic E-state index is 12.4. The summed E-state index contributed by atoms with van der Waals surface area (Å²) in [5.74, 6) is 5.69. The van der Waals surface area contributed by atoms with E-state index in [1.165, 1.54) is 0 Å². The molecule has 0 aliphatic rings. The lowest BCUT2D eigenvalue weighted by atomic mass is 10.1. The van der Waals surface area contributed by atoms with Gasteiger partial charge < -0.3 is 10.0 Å². The van der Waals surface area contributed by atoms with E-state index in [4.69, 9.17) is 5.11 Å². The van der Waals surface area contributed by atoms with Gasteiger partial charge in [-0.15, -0.1) is 0 Å². The van der Waals surface area contributed by atoms with E-state index in [0.29, 0.717) is 17.5 Å². The van der Waals surface area contributed by atoms with Gasteiger partial charge in [0, 0.05) is 37.5 Å². The average molecular weight is 274 g/mol. The van der Waals surface area contributed by atoms with Crippen LogP contribution in [0.1, 0.15) is 49.0 Å². The molecule has 0 atom stereocenters. The van der Waals surface area contributed by atoms with Crippen LogP contribution in [0.15, 0.2) is 18.5 Å². The first-order chi connectivity index (χ1) is 9.63. The molecule has 1 N–H and O–H groups in total. The molecule has 0 radical (unpaired) electrons. The third-order valence-electron chi connectivity index (χ3n) is 3.27. The van der Waals surface area contributed by atoms with Crippen molar-refractivity contribution in [2.75, 3.05) is 13.7 Å². The number of aliphatic hydroxyl groups excluding tert-OH is 1. The fourth-order valence-electron chi connectivity index (χ4n) is 2.05. The van der Waals surface area contributed by atoms with Crippen LogP contribution in [0.5, 0.6) is 0 Å². The Morgan fingerprint density at radius 2 is 2.10 bits per heavy atom. The molecular weight excluding hydrogens is 252 g/mol. The minimum Gasteiger partial charge on any atom is -0.395 e. The Morgan fingerprint density at radius 1 is 1.40 bits per heavy atom. The average Bonchev–Trinajstić information content (AvgIpc) is 2.48. The topological polar surface area (TPSA) is 53.4 Å². The third-order valence-corrected chi connectivity index (χ3v) is 3.27. The smallest absolute Gasteiger partial charge is 0.255 e. The molecule has 0 unspecified atom stereocenters. The van der Waals surface area contributed by atoms with Crippen molar-refractivity contribution < 1.29 is 9.90 Å². The molecule has 0 bridgehead atoms. The highest BCUT2D eigenvalue weighted by atomic mass is 16.2. The second-order valence-electron chi connectivity index (χ2n) is 4.62. The van der Waals surface area contributed by atoms with Crippen molar-refractivity contribution in [1.82, 2.24) is 9.88 Å². The van der Waals surface area contributed by atoms with Crippen LogP contribution < -0.4 is 0 Å². The van der Waals surface area contributed by atoms with Gasteiger partial charge in [-0.25, -0.2) is 0 Å². The number of pyridine rings is 1. The molecule has 108 valence electrons. The van der Waals surface area contributed by atoms with Crippen molar-refractivity contribution >= 4 is 5.91 Å². The molecule has 0 saturated carbocycles. The Hall–Kier alpha value is -1.86. The Labute approximate surface area is 120 Å². The minimum atomic E-state index is -0.0305. The van der Waals surface area contributed by atoms with Gasteiger partial charge in [0.25, 0.3) is 5.91 Å². The van der Waals surface area contributed by atoms with E-state index >= 15 is 0 Å². The van der Waals surface area contributed by atoms with E-state index in [1.54, 1.807) is 23.4 Å². The van der Waals surface area contributed by atoms with Crippen LogP contribution in [0.2, 0.25) is 0 Å². The van der Waals surface area contributed by atoms with Crippen LogP contribution in [-0.2, 0) is 0 Å². The molecular formula is C16H22N2O2. The van der Waals surface area contributed by atoms with E-state index in [-0.39, 0.29) is 18.6 Å². The van der Waals surface area contributed by atoms with Crippen LogP contribution in [0.3, 0.4) is 0 Å². The molecule has 0 spiro atoms. The van der Waals surface area contributed by atoms with E-state index in [9.17, 15) is 4.79 Å². The van der Waals surface area contributed by atoms with Gasteiger partial charge in [0.05, 0.1) is 12.2 Å². The highest BCUT2D eigenvalue weighted by molar-refractivity contribution is 5.94. The van der Waals surface area contributed by atoms with Crippen molar-refractivity contribution in [2.24, 2.45) is 0 Å². The summed E-state index contributed by atoms with van der Waals surface area (Å²) in [6.07, 6.45) is 5.48. The number of rotatable bonds is 5. The summed E-state index contributed by atoms with van der Waals surface area (Å²) in [6, 6.07) is 1.99. The van der Waals surface area contributed by atoms with Gasteiger partial charge in [-0.2, -0.15) is 0 Å². The molecule has 20 heavy (non-hydrogen) atoms. The van der Waals surface area contributed by atoms with Crippen molar-refractivity contribution in [3.63, 3.8) is 0 Å². The standard InChI is InChI=1S/C16H22N2O2/c1-4-15(5-2)18(3)16(20)14-10-13(11-17-12-14)8-6-7-9-19/h10-12,15,19H,4-5,7,9H2,1-3H3. The molecule has 0 aliphatic heterocycles. The van der Waals surface area contributed by atoms with Crippen LogP contribution in [0, 0.1) is 11.8 Å². The predicted molar refractivity (Wildman–Crippen MR) is 79.3 cm³/mol. The Balaban J connectivity index is 2.89. The molecule has 0 saturated heterocycles. The highest BCUT2D eigenvalue weighted by Gasteiger charge is 2.18. The lowest BCUT2D eigenvalue weighted by Gasteiger charge is -2.26. The highest BCUT2D eigenvalue weighted by Crippen LogP contribution is 2.11. The summed E-state index contributed by atoms with van der Waals surface area (Å²) in [7, 11) is 1.82. The maximum Gasteiger partial charge on any atom is 0.255 e. The molecule has 1 heterocycles. The molecule has 0 aromatic carbocycles. The molecule has 4 heteroatoms. The largest absolute Gasteiger partial charge is 0.395 e. The SMILES string of the molecule is CCC(CC)N(C)C(=O)c1cncc(C#CCCO)c1. The molecule has 0 fully saturated rings. The Kier molecular flexibility index (Phi) is 6.75. The van der Waals surface area contributed by atoms with E-state index in [2.05, 4.69) is 30.7 Å². The van der Waals surface area contributed by atoms with Crippen molar-refractivity contribution in [2.45, 2.75) is 39.2 Å². The third kappa shape index (κ3) is 4.36. The second kappa shape index (κ2) is 8.34. The van der Waals surface area contributed by atoms with Gasteiger partial charge in [0.15, 0.2) is 0 Å². The number of hydrogen-bond donors (Lipinski definition) is 1. The number of amides is 1. The predicted octanol–water partition coefficient (Wildman–Crippen LogP) is 2.08. The van der Waals surface area contributed by atoms with Crippen LogP contribution in [0.4, 0.5) is 0 Å². The first-order valence-electron chi connectivity index (χ1n) is 6.95. The van der Waals surface area contributed by atoms with E-state index in [0.717, 1.165) is 12.8 Å². The second-order valence-corrected chi connectivity index (χ2v) is 4.62. The maximum absolute atomic E-state index is 12.4. The zero-order valence-electron chi connectivity index (χ0n) is 12.4. The van der Waals surface area contributed by atoms with Crippen molar-refractivity contribution in [3.05, 3.63) is 29.6 Å². The van der Waals surface area contributed by atoms with Crippen molar-refractivity contribution in [1.29, 1.82) is 0 Å². The number of carbonyl (C=O) groups is 1. The Morgan fingerprint density at radius 3 is 2.70 bits per heavy atom. The van der Waals surface area contributed by atoms with Gasteiger partial charge in [-0.05, 0) is 18.9 Å². The Bertz CT molecular complexity index is 499. The van der Waals surface area contributed by atoms with E-state index < -0.39 is 0 Å². The number of nitrogens with zero attached hydrogens (tertiary/aromatic N) is 2. The first kappa shape index (κ1) is 16.2. The summed E-state index contributed by atoms with van der Waals surface area (Å²) in [5.41, 5.74) is 1.25. The lowest BCUT2D eigenvalue weighted by Crippen LogP contribution is -2.36. The van der Waals surface area contributed by atoms with Crippen LogP contribution in [0.25, 0.3) is 0 Å². The molecule has 0 aliphatic carbocycles. The number of hydrogen-bond acceptors (Lipinski definition) is 3. The van der Waals surface area contributed by atoms with Gasteiger partial charge in [-0.3, -0.25) is 9.78 Å². The van der Waals surface area contributed by atoms with Gasteiger partial charge in [0.1, 0.15) is 0 Å². The van der Waals surface area contributed by atoms with Gasteiger partial charge in [0.2, 0.25) is 0 Å². The van der Waals surface area contributed by atoms with Crippen molar-refractivity contribution in [3.8, 4) is 11.8 Å². The van der Waals surface area contributed by atoms with Crippen LogP contribution >= 0.6 is 0 Å². The molecule has 1 amide bonds. The fraction of sp³-hybridized carbons (Fsp3) is 0.500. The number of aliphatic hydroxyl groups is 1. The monoisotopic (exact) mass is 274 g/mol. The molecule has 1 aromatic heterocycles. The number of aromatic nitrogens is 1. The lowest BCUT2D eigenvalue weighted by molar-refractivity contribution is 0.0723. The van der Waals surface area contributed by atoms with Gasteiger partial charge >= 0.3 is 0 Å². The summed E-state index contributed by atoms with van der Waals surface area (Å²) < 4.78 is 0. The number of carbonyl (C=O) groups excluding carboxylic acids is 1.